The Balaban J connectivity index is 0.000000420. The summed E-state index contributed by atoms with van der Waals surface area (Å²) in [7, 11) is -7.13. The molecule has 2 aromatic rings. The van der Waals surface area contributed by atoms with E-state index in [-0.39, 0.29) is 9.79 Å². The summed E-state index contributed by atoms with van der Waals surface area (Å²) in [6.07, 6.45) is 1.87. The van der Waals surface area contributed by atoms with E-state index in [1.807, 2.05) is 26.8 Å². The van der Waals surface area contributed by atoms with Crippen LogP contribution in [0.4, 0.5) is 0 Å². The van der Waals surface area contributed by atoms with E-state index in [1.54, 1.807) is 58.0 Å². The molecule has 0 heterocycles. The van der Waals surface area contributed by atoms with Crippen molar-refractivity contribution in [1.82, 2.24) is 9.44 Å². The van der Waals surface area contributed by atoms with Crippen LogP contribution in [-0.2, 0) is 20.0 Å². The highest BCUT2D eigenvalue weighted by molar-refractivity contribution is 9.10. The second kappa shape index (κ2) is 15.9. The van der Waals surface area contributed by atoms with Gasteiger partial charge in [0.25, 0.3) is 0 Å². The third-order valence-electron chi connectivity index (χ3n) is 5.45. The minimum Gasteiger partial charge on any atom is -0.494 e. The molecular weight excluding hydrogens is 640 g/mol. The summed E-state index contributed by atoms with van der Waals surface area (Å²) in [6, 6.07) is 10.2. The van der Waals surface area contributed by atoms with Gasteiger partial charge in [0.2, 0.25) is 20.0 Å². The molecule has 0 aliphatic rings. The second-order valence-electron chi connectivity index (χ2n) is 13.3. The number of halogens is 1. The van der Waals surface area contributed by atoms with Gasteiger partial charge >= 0.3 is 0 Å². The van der Waals surface area contributed by atoms with Crippen molar-refractivity contribution < 1.29 is 26.3 Å². The Morgan fingerprint density at radius 1 is 0.690 bits per heavy atom. The fraction of sp³-hybridized carbons (Fsp3) is 0.613. The maximum absolute atomic E-state index is 12.4. The van der Waals surface area contributed by atoms with E-state index < -0.39 is 31.1 Å². The maximum Gasteiger partial charge on any atom is 0.242 e. The van der Waals surface area contributed by atoms with Gasteiger partial charge < -0.3 is 9.47 Å². The van der Waals surface area contributed by atoms with Crippen molar-refractivity contribution in [3.8, 4) is 11.5 Å². The van der Waals surface area contributed by atoms with Gasteiger partial charge in [-0.25, -0.2) is 26.3 Å². The van der Waals surface area contributed by atoms with Crippen LogP contribution in [0.5, 0.6) is 11.5 Å². The molecule has 0 bridgehead atoms. The summed E-state index contributed by atoms with van der Waals surface area (Å²) in [5.41, 5.74) is -0.338. The highest BCUT2D eigenvalue weighted by Crippen LogP contribution is 2.28. The predicted octanol–water partition coefficient (Wildman–Crippen LogP) is 7.45. The lowest BCUT2D eigenvalue weighted by Crippen LogP contribution is -2.40. The van der Waals surface area contributed by atoms with Crippen molar-refractivity contribution in [2.75, 3.05) is 13.2 Å². The lowest BCUT2D eigenvalue weighted by molar-refractivity contribution is 0.288. The molecular formula is C31H51BrN2O6S2. The number of benzene rings is 2. The zero-order valence-corrected chi connectivity index (χ0v) is 30.3. The van der Waals surface area contributed by atoms with E-state index in [2.05, 4.69) is 53.1 Å². The topological polar surface area (TPSA) is 111 Å². The third kappa shape index (κ3) is 14.7. The number of hydrogen-bond donors (Lipinski definition) is 2. The molecule has 11 heteroatoms. The van der Waals surface area contributed by atoms with Gasteiger partial charge in [-0.15, -0.1) is 0 Å². The summed E-state index contributed by atoms with van der Waals surface area (Å²) >= 11 is 3.29. The van der Waals surface area contributed by atoms with Crippen molar-refractivity contribution in [1.29, 1.82) is 0 Å². The van der Waals surface area contributed by atoms with Crippen LogP contribution < -0.4 is 18.9 Å². The van der Waals surface area contributed by atoms with E-state index in [4.69, 9.17) is 9.47 Å². The van der Waals surface area contributed by atoms with Crippen LogP contribution in [0.15, 0.2) is 50.7 Å². The first kappa shape index (κ1) is 38.4. The predicted molar refractivity (Wildman–Crippen MR) is 175 cm³/mol. The van der Waals surface area contributed by atoms with Crippen molar-refractivity contribution in [2.24, 2.45) is 11.8 Å². The standard InChI is InChI=1S/C16H27NO3S.C15H24BrNO3S/c1-12(2)9-10-20-14-8-7-13(3)15(11-14)21(18,19)17-16(4,5)6;1-11(2)8-9-20-12-6-7-13(16)14(10-12)21(18,19)17-15(3,4)5/h7-8,11-12,17H,9-10H2,1-6H3;6-7,10-11,17H,8-9H2,1-5H3. The van der Waals surface area contributed by atoms with Crippen LogP contribution in [0.25, 0.3) is 0 Å². The Hall–Kier alpha value is -1.66. The van der Waals surface area contributed by atoms with Gasteiger partial charge in [0.05, 0.1) is 23.0 Å². The first-order chi connectivity index (χ1) is 19.0. The molecule has 240 valence electrons. The number of nitrogens with one attached hydrogen (secondary N) is 2. The largest absolute Gasteiger partial charge is 0.494 e. The van der Waals surface area contributed by atoms with E-state index in [0.29, 0.717) is 46.6 Å². The molecule has 42 heavy (non-hydrogen) atoms. The lowest BCUT2D eigenvalue weighted by Gasteiger charge is -2.21. The van der Waals surface area contributed by atoms with Crippen molar-refractivity contribution in [3.05, 3.63) is 46.4 Å². The fourth-order valence-corrected chi connectivity index (χ4v) is 7.56. The Morgan fingerprint density at radius 2 is 1.07 bits per heavy atom. The maximum atomic E-state index is 12.4. The zero-order valence-electron chi connectivity index (χ0n) is 27.1. The van der Waals surface area contributed by atoms with Gasteiger partial charge in [-0.3, -0.25) is 0 Å². The van der Waals surface area contributed by atoms with Crippen LogP contribution in [-0.4, -0.2) is 41.1 Å². The number of hydrogen-bond acceptors (Lipinski definition) is 6. The fourth-order valence-electron chi connectivity index (χ4n) is 3.48. The number of aryl methyl sites for hydroxylation is 1. The van der Waals surface area contributed by atoms with E-state index >= 15 is 0 Å². The third-order valence-corrected chi connectivity index (χ3v) is 10.1. The molecule has 2 N–H and O–H groups in total. The smallest absolute Gasteiger partial charge is 0.242 e. The zero-order chi connectivity index (χ0) is 32.5. The van der Waals surface area contributed by atoms with Crippen molar-refractivity contribution >= 4 is 36.0 Å². The first-order valence-corrected chi connectivity index (χ1v) is 18.0. The molecule has 8 nitrogen and oxygen atoms in total. The molecule has 0 spiro atoms. The van der Waals surface area contributed by atoms with Crippen molar-refractivity contribution in [3.63, 3.8) is 0 Å². The summed E-state index contributed by atoms with van der Waals surface area (Å²) < 4.78 is 66.8. The first-order valence-electron chi connectivity index (χ1n) is 14.3. The number of rotatable bonds is 12. The molecule has 0 saturated heterocycles. The minimum absolute atomic E-state index is 0.194. The summed E-state index contributed by atoms with van der Waals surface area (Å²) in [5, 5.41) is 0. The molecule has 0 fully saturated rings. The molecule has 0 aliphatic heterocycles. The van der Waals surface area contributed by atoms with Gasteiger partial charge in [0, 0.05) is 27.7 Å². The van der Waals surface area contributed by atoms with Gasteiger partial charge in [0.1, 0.15) is 11.5 Å². The molecule has 0 aliphatic carbocycles. The van der Waals surface area contributed by atoms with Crippen LogP contribution in [0.3, 0.4) is 0 Å². The lowest BCUT2D eigenvalue weighted by atomic mass is 10.1. The normalized spacial score (nSPS) is 12.7. The van der Waals surface area contributed by atoms with Crippen LogP contribution in [0.2, 0.25) is 0 Å². The van der Waals surface area contributed by atoms with Gasteiger partial charge in [0.15, 0.2) is 0 Å². The van der Waals surface area contributed by atoms with Gasteiger partial charge in [-0.1, -0.05) is 33.8 Å². The van der Waals surface area contributed by atoms with E-state index in [0.717, 1.165) is 12.8 Å². The molecule has 0 saturated carbocycles. The SMILES string of the molecule is CC(C)CCOc1ccc(Br)c(S(=O)(=O)NC(C)(C)C)c1.Cc1ccc(OCCC(C)C)cc1S(=O)(=O)NC(C)(C)C. The summed E-state index contributed by atoms with van der Waals surface area (Å²) in [5.74, 6) is 2.26. The van der Waals surface area contributed by atoms with E-state index in [9.17, 15) is 16.8 Å². The molecule has 0 atom stereocenters. The molecule has 0 radical (unpaired) electrons. The average Bonchev–Trinajstić information content (AvgIpc) is 2.78. The quantitative estimate of drug-likeness (QED) is 0.239. The summed E-state index contributed by atoms with van der Waals surface area (Å²) in [4.78, 5) is 0.471. The number of ether oxygens (including phenoxy) is 2. The Kier molecular flexibility index (Phi) is 14.5. The molecule has 2 rings (SSSR count). The minimum atomic E-state index is -3.59. The molecule has 0 aromatic heterocycles. The monoisotopic (exact) mass is 690 g/mol. The van der Waals surface area contributed by atoms with Gasteiger partial charge in [-0.2, -0.15) is 0 Å². The highest BCUT2D eigenvalue weighted by Gasteiger charge is 2.25. The Labute approximate surface area is 263 Å². The van der Waals surface area contributed by atoms with Crippen molar-refractivity contribution in [2.45, 2.75) is 110 Å². The Bertz CT molecular complexity index is 1260. The van der Waals surface area contributed by atoms with Crippen LogP contribution >= 0.6 is 15.9 Å². The number of sulfonamides is 2. The summed E-state index contributed by atoms with van der Waals surface area (Å²) in [6.45, 7) is 22.3. The van der Waals surface area contributed by atoms with Crippen LogP contribution in [0.1, 0.15) is 87.6 Å². The average molecular weight is 692 g/mol. The van der Waals surface area contributed by atoms with E-state index in [1.165, 1.54) is 0 Å². The highest BCUT2D eigenvalue weighted by atomic mass is 79.9. The van der Waals surface area contributed by atoms with Crippen LogP contribution in [0, 0.1) is 18.8 Å². The Morgan fingerprint density at radius 3 is 1.48 bits per heavy atom. The molecule has 0 amide bonds. The van der Waals surface area contributed by atoms with Gasteiger partial charge in [-0.05, 0) is 113 Å². The second-order valence-corrected chi connectivity index (χ2v) is 17.4. The molecule has 0 unspecified atom stereocenters. The molecule has 2 aromatic carbocycles.